The number of aliphatic hydroxyl groups excluding tert-OH is 1. The van der Waals surface area contributed by atoms with E-state index in [1.807, 2.05) is 0 Å². The van der Waals surface area contributed by atoms with Gasteiger partial charge in [0.05, 0.1) is 26.2 Å². The van der Waals surface area contributed by atoms with E-state index in [1.54, 1.807) is 71.6 Å². The Kier molecular flexibility index (Phi) is 6.67. The van der Waals surface area contributed by atoms with Gasteiger partial charge >= 0.3 is 0 Å². The molecule has 2 N–H and O–H groups in total. The van der Waals surface area contributed by atoms with Gasteiger partial charge in [0.15, 0.2) is 11.5 Å². The van der Waals surface area contributed by atoms with E-state index in [4.69, 9.17) is 25.5 Å². The first kappa shape index (κ1) is 22.4. The number of furan rings is 1. The largest absolute Gasteiger partial charge is 0.497 e. The lowest BCUT2D eigenvalue weighted by atomic mass is 10.1. The smallest absolute Gasteiger partial charge is 0.271 e. The molecule has 0 aliphatic carbocycles. The van der Waals surface area contributed by atoms with Gasteiger partial charge in [-0.05, 0) is 54.6 Å². The van der Waals surface area contributed by atoms with Crippen LogP contribution in [0.4, 0.5) is 0 Å². The van der Waals surface area contributed by atoms with Gasteiger partial charge in [-0.3, -0.25) is 4.79 Å². The minimum Gasteiger partial charge on any atom is -0.497 e. The second-order valence-corrected chi connectivity index (χ2v) is 7.55. The number of nitrogens with one attached hydrogen (secondary N) is 1. The summed E-state index contributed by atoms with van der Waals surface area (Å²) in [6, 6.07) is 17.3. The van der Waals surface area contributed by atoms with Gasteiger partial charge in [-0.1, -0.05) is 11.6 Å². The zero-order chi connectivity index (χ0) is 23.4. The molecule has 2 heterocycles. The van der Waals surface area contributed by atoms with E-state index in [2.05, 4.69) is 10.4 Å². The molecule has 0 aliphatic rings. The van der Waals surface area contributed by atoms with Crippen molar-refractivity contribution in [1.29, 1.82) is 0 Å². The monoisotopic (exact) mass is 467 g/mol. The van der Waals surface area contributed by atoms with Gasteiger partial charge < -0.3 is 24.3 Å². The average molecular weight is 468 g/mol. The maximum absolute atomic E-state index is 12.9. The number of aromatic nitrogens is 2. The molecule has 0 saturated carbocycles. The van der Waals surface area contributed by atoms with Crippen molar-refractivity contribution in [1.82, 2.24) is 15.1 Å². The fourth-order valence-corrected chi connectivity index (χ4v) is 3.49. The summed E-state index contributed by atoms with van der Waals surface area (Å²) in [6.07, 6.45) is 0.536. The van der Waals surface area contributed by atoms with E-state index in [9.17, 15) is 9.90 Å². The van der Waals surface area contributed by atoms with Crippen molar-refractivity contribution in [2.45, 2.75) is 6.10 Å². The van der Waals surface area contributed by atoms with Crippen LogP contribution in [-0.4, -0.2) is 41.6 Å². The molecule has 4 aromatic rings. The van der Waals surface area contributed by atoms with Gasteiger partial charge in [-0.15, -0.1) is 0 Å². The second-order valence-electron chi connectivity index (χ2n) is 7.11. The number of hydrogen-bond acceptors (Lipinski definition) is 6. The minimum absolute atomic E-state index is 0.0494. The molecule has 33 heavy (non-hydrogen) atoms. The fourth-order valence-electron chi connectivity index (χ4n) is 3.36. The summed E-state index contributed by atoms with van der Waals surface area (Å²) in [5.41, 5.74) is 1.98. The average Bonchev–Trinajstić information content (AvgIpc) is 3.52. The first-order chi connectivity index (χ1) is 16.0. The molecule has 1 unspecified atom stereocenters. The molecule has 1 amide bonds. The molecule has 0 radical (unpaired) electrons. The Bertz CT molecular complexity index is 1240. The van der Waals surface area contributed by atoms with Crippen LogP contribution in [-0.2, 0) is 0 Å². The summed E-state index contributed by atoms with van der Waals surface area (Å²) in [7, 11) is 3.05. The van der Waals surface area contributed by atoms with E-state index >= 15 is 0 Å². The number of aliphatic hydroxyl groups is 1. The number of rotatable bonds is 8. The second kappa shape index (κ2) is 9.81. The lowest BCUT2D eigenvalue weighted by Crippen LogP contribution is -2.29. The Morgan fingerprint density at radius 3 is 2.61 bits per heavy atom. The third-order valence-corrected chi connectivity index (χ3v) is 5.29. The quantitative estimate of drug-likeness (QED) is 0.401. The van der Waals surface area contributed by atoms with Gasteiger partial charge in [0.2, 0.25) is 0 Å². The summed E-state index contributed by atoms with van der Waals surface area (Å²) < 4.78 is 17.6. The fraction of sp³-hybridized carbons (Fsp3) is 0.167. The number of amides is 1. The van der Waals surface area contributed by atoms with E-state index < -0.39 is 12.0 Å². The van der Waals surface area contributed by atoms with Gasteiger partial charge in [0, 0.05) is 23.2 Å². The van der Waals surface area contributed by atoms with Crippen LogP contribution in [0.25, 0.3) is 17.1 Å². The number of ether oxygens (including phenoxy) is 2. The van der Waals surface area contributed by atoms with E-state index in [1.165, 1.54) is 14.2 Å². The summed E-state index contributed by atoms with van der Waals surface area (Å²) >= 11 is 6.00. The molecule has 1 atom stereocenters. The molecule has 0 bridgehead atoms. The highest BCUT2D eigenvalue weighted by molar-refractivity contribution is 6.30. The Labute approximate surface area is 195 Å². The predicted molar refractivity (Wildman–Crippen MR) is 123 cm³/mol. The first-order valence-electron chi connectivity index (χ1n) is 10.1. The SMILES string of the molecule is COc1ccc(OC)c(C(O)CNC(=O)c2cc(-c3ccco3)n(-c3ccc(Cl)cc3)n2)c1. The van der Waals surface area contributed by atoms with Crippen molar-refractivity contribution < 1.29 is 23.8 Å². The van der Waals surface area contributed by atoms with E-state index in [-0.39, 0.29) is 12.2 Å². The molecule has 0 saturated heterocycles. The third-order valence-electron chi connectivity index (χ3n) is 5.04. The molecular formula is C24H22ClN3O5. The molecular weight excluding hydrogens is 446 g/mol. The number of carbonyl (C=O) groups is 1. The zero-order valence-corrected chi connectivity index (χ0v) is 18.7. The van der Waals surface area contributed by atoms with Gasteiger partial charge in [-0.25, -0.2) is 4.68 Å². The Balaban J connectivity index is 1.56. The third kappa shape index (κ3) is 4.87. The molecule has 4 rings (SSSR count). The topological polar surface area (TPSA) is 98.7 Å². The summed E-state index contributed by atoms with van der Waals surface area (Å²) in [5, 5.41) is 18.4. The van der Waals surface area contributed by atoms with Crippen LogP contribution in [0.15, 0.2) is 71.3 Å². The van der Waals surface area contributed by atoms with Crippen LogP contribution in [0, 0.1) is 0 Å². The van der Waals surface area contributed by atoms with Crippen LogP contribution >= 0.6 is 11.6 Å². The molecule has 0 spiro atoms. The highest BCUT2D eigenvalue weighted by atomic mass is 35.5. The van der Waals surface area contributed by atoms with Crippen molar-refractivity contribution in [2.75, 3.05) is 20.8 Å². The Morgan fingerprint density at radius 1 is 1.15 bits per heavy atom. The van der Waals surface area contributed by atoms with Crippen molar-refractivity contribution in [3.05, 3.63) is 83.2 Å². The van der Waals surface area contributed by atoms with Crippen LogP contribution < -0.4 is 14.8 Å². The lowest BCUT2D eigenvalue weighted by molar-refractivity contribution is 0.0909. The van der Waals surface area contributed by atoms with Crippen LogP contribution in [0.3, 0.4) is 0 Å². The Hall–Kier alpha value is -3.75. The first-order valence-corrected chi connectivity index (χ1v) is 10.5. The van der Waals surface area contributed by atoms with E-state index in [0.29, 0.717) is 39.2 Å². The van der Waals surface area contributed by atoms with Gasteiger partial charge in [-0.2, -0.15) is 5.10 Å². The van der Waals surface area contributed by atoms with E-state index in [0.717, 1.165) is 0 Å². The standard InChI is InChI=1S/C24H22ClN3O5/c1-31-17-9-10-22(32-2)18(12-17)21(29)14-26-24(30)19-13-20(23-4-3-11-33-23)28(27-19)16-7-5-15(25)6-8-16/h3-13,21,29H,14H2,1-2H3,(H,26,30). The van der Waals surface area contributed by atoms with Crippen molar-refractivity contribution in [3.8, 4) is 28.6 Å². The molecule has 9 heteroatoms. The Morgan fingerprint density at radius 2 is 1.94 bits per heavy atom. The van der Waals surface area contributed by atoms with Crippen molar-refractivity contribution in [3.63, 3.8) is 0 Å². The van der Waals surface area contributed by atoms with Gasteiger partial charge in [0.25, 0.3) is 5.91 Å². The highest BCUT2D eigenvalue weighted by Crippen LogP contribution is 2.29. The molecule has 0 aliphatic heterocycles. The predicted octanol–water partition coefficient (Wildman–Crippen LogP) is 4.27. The molecule has 8 nitrogen and oxygen atoms in total. The number of hydrogen-bond donors (Lipinski definition) is 2. The number of halogens is 1. The van der Waals surface area contributed by atoms with Crippen molar-refractivity contribution in [2.24, 2.45) is 0 Å². The minimum atomic E-state index is -1.01. The number of methoxy groups -OCH3 is 2. The molecule has 0 fully saturated rings. The molecule has 2 aromatic heterocycles. The summed E-state index contributed by atoms with van der Waals surface area (Å²) in [5.74, 6) is 1.17. The van der Waals surface area contributed by atoms with Crippen LogP contribution in [0.2, 0.25) is 5.02 Å². The maximum Gasteiger partial charge on any atom is 0.271 e. The summed E-state index contributed by atoms with van der Waals surface area (Å²) in [6.45, 7) is -0.0494. The highest BCUT2D eigenvalue weighted by Gasteiger charge is 2.20. The number of carbonyl (C=O) groups excluding carboxylic acids is 1. The molecule has 170 valence electrons. The molecule has 2 aromatic carbocycles. The van der Waals surface area contributed by atoms with Crippen LogP contribution in [0.5, 0.6) is 11.5 Å². The van der Waals surface area contributed by atoms with Crippen molar-refractivity contribution >= 4 is 17.5 Å². The number of benzene rings is 2. The summed E-state index contributed by atoms with van der Waals surface area (Å²) in [4.78, 5) is 12.9. The lowest BCUT2D eigenvalue weighted by Gasteiger charge is -2.16. The van der Waals surface area contributed by atoms with Gasteiger partial charge in [0.1, 0.15) is 23.3 Å². The van der Waals surface area contributed by atoms with Crippen LogP contribution in [0.1, 0.15) is 22.2 Å². The zero-order valence-electron chi connectivity index (χ0n) is 18.0. The maximum atomic E-state index is 12.9. The normalized spacial score (nSPS) is 11.8. The number of nitrogens with zero attached hydrogens (tertiary/aromatic N) is 2.